The Labute approximate surface area is 233 Å². The maximum Gasteiger partial charge on any atom is 0.348 e. The second-order valence-electron chi connectivity index (χ2n) is 8.61. The largest absolute Gasteiger partial charge is 0.462 e. The monoisotopic (exact) mass is 570 g/mol. The zero-order chi connectivity index (χ0) is 27.4. The number of rotatable bonds is 9. The number of nitrogens with one attached hydrogen (secondary N) is 1. The highest BCUT2D eigenvalue weighted by molar-refractivity contribution is 7.99. The van der Waals surface area contributed by atoms with Crippen LogP contribution < -0.4 is 15.8 Å². The average molecular weight is 571 g/mol. The Bertz CT molecular complexity index is 1550. The molecule has 2 aromatic heterocycles. The van der Waals surface area contributed by atoms with Crippen LogP contribution in [0.4, 0.5) is 11.4 Å². The van der Waals surface area contributed by atoms with Crippen LogP contribution in [-0.2, 0) is 16.1 Å². The van der Waals surface area contributed by atoms with E-state index in [-0.39, 0.29) is 30.4 Å². The van der Waals surface area contributed by atoms with Gasteiger partial charge in [0, 0.05) is 30.5 Å². The molecular formula is C27H27ClN4O4S2. The van der Waals surface area contributed by atoms with E-state index in [0.717, 1.165) is 34.3 Å². The normalized spacial score (nSPS) is 11.0. The van der Waals surface area contributed by atoms with Gasteiger partial charge in [-0.1, -0.05) is 41.6 Å². The number of halogens is 1. The van der Waals surface area contributed by atoms with Gasteiger partial charge in [-0.25, -0.2) is 9.78 Å². The molecule has 0 saturated carbocycles. The van der Waals surface area contributed by atoms with Crippen LogP contribution in [0.15, 0.2) is 58.5 Å². The molecule has 0 aliphatic carbocycles. The molecule has 2 aromatic carbocycles. The van der Waals surface area contributed by atoms with E-state index in [9.17, 15) is 14.4 Å². The van der Waals surface area contributed by atoms with Crippen LogP contribution >= 0.6 is 34.7 Å². The van der Waals surface area contributed by atoms with Gasteiger partial charge in [0.2, 0.25) is 5.91 Å². The molecule has 0 radical (unpaired) electrons. The SMILES string of the molecule is CCOC(=O)c1sc2nc(SCC(=O)Nc3ccc(N(C)C)cc3)n(Cc3ccccc3Cl)c(=O)c2c1C. The number of aromatic nitrogens is 2. The number of thiophene rings is 1. The van der Waals surface area contributed by atoms with Gasteiger partial charge in [-0.3, -0.25) is 14.2 Å². The third-order valence-corrected chi connectivity index (χ3v) is 8.27. The molecule has 38 heavy (non-hydrogen) atoms. The number of nitrogens with zero attached hydrogens (tertiary/aromatic N) is 3. The Morgan fingerprint density at radius 2 is 1.87 bits per heavy atom. The van der Waals surface area contributed by atoms with Gasteiger partial charge in [0.05, 0.1) is 24.3 Å². The number of anilines is 2. The summed E-state index contributed by atoms with van der Waals surface area (Å²) in [5.74, 6) is -0.690. The van der Waals surface area contributed by atoms with Gasteiger partial charge < -0.3 is 15.0 Å². The van der Waals surface area contributed by atoms with E-state index in [1.54, 1.807) is 19.9 Å². The number of fused-ring (bicyclic) bond motifs is 1. The summed E-state index contributed by atoms with van der Waals surface area (Å²) in [5.41, 5.74) is 2.66. The number of carbonyl (C=O) groups excluding carboxylic acids is 2. The summed E-state index contributed by atoms with van der Waals surface area (Å²) < 4.78 is 6.66. The number of amides is 1. The molecule has 1 N–H and O–H groups in total. The smallest absolute Gasteiger partial charge is 0.348 e. The van der Waals surface area contributed by atoms with Gasteiger partial charge in [0.15, 0.2) is 5.16 Å². The molecule has 0 spiro atoms. The molecule has 1 amide bonds. The van der Waals surface area contributed by atoms with Crippen LogP contribution in [0.25, 0.3) is 10.2 Å². The van der Waals surface area contributed by atoms with Crippen LogP contribution in [0, 0.1) is 6.92 Å². The van der Waals surface area contributed by atoms with Gasteiger partial charge in [-0.2, -0.15) is 0 Å². The van der Waals surface area contributed by atoms with Crippen LogP contribution in [0.3, 0.4) is 0 Å². The maximum atomic E-state index is 13.7. The van der Waals surface area contributed by atoms with Gasteiger partial charge in [-0.15, -0.1) is 11.3 Å². The van der Waals surface area contributed by atoms with Gasteiger partial charge >= 0.3 is 5.97 Å². The number of ether oxygens (including phenoxy) is 1. The fraction of sp³-hybridized carbons (Fsp3) is 0.259. The van der Waals surface area contributed by atoms with E-state index in [0.29, 0.717) is 36.5 Å². The maximum absolute atomic E-state index is 13.7. The summed E-state index contributed by atoms with van der Waals surface area (Å²) in [6.45, 7) is 3.84. The number of hydrogen-bond donors (Lipinski definition) is 1. The highest BCUT2D eigenvalue weighted by Crippen LogP contribution is 2.30. The Hall–Kier alpha value is -3.34. The molecule has 0 atom stereocenters. The third-order valence-electron chi connectivity index (χ3n) is 5.76. The fourth-order valence-electron chi connectivity index (χ4n) is 3.81. The standard InChI is InChI=1S/C27H27ClN4O4S2/c1-5-36-26(35)23-16(2)22-24(38-23)30-27(32(25(22)34)14-17-8-6-7-9-20(17)28)37-15-21(33)29-18-10-12-19(13-11-18)31(3)4/h6-13H,5,14-15H2,1-4H3,(H,29,33). The summed E-state index contributed by atoms with van der Waals surface area (Å²) in [6, 6.07) is 14.7. The first kappa shape index (κ1) is 27.7. The van der Waals surface area contributed by atoms with Crippen LogP contribution in [0.2, 0.25) is 5.02 Å². The van der Waals surface area contributed by atoms with E-state index in [4.69, 9.17) is 21.3 Å². The number of hydrogen-bond acceptors (Lipinski definition) is 8. The van der Waals surface area contributed by atoms with E-state index in [1.807, 2.05) is 61.5 Å². The summed E-state index contributed by atoms with van der Waals surface area (Å²) in [5, 5.41) is 4.11. The first-order chi connectivity index (χ1) is 18.2. The van der Waals surface area contributed by atoms with Crippen molar-refractivity contribution in [1.29, 1.82) is 0 Å². The van der Waals surface area contributed by atoms with Crippen molar-refractivity contribution in [2.75, 3.05) is 36.7 Å². The molecule has 198 valence electrons. The molecule has 0 aliphatic heterocycles. The number of carbonyl (C=O) groups is 2. The molecule has 8 nitrogen and oxygen atoms in total. The summed E-state index contributed by atoms with van der Waals surface area (Å²) in [4.78, 5) is 46.4. The average Bonchev–Trinajstić information content (AvgIpc) is 3.22. The first-order valence-corrected chi connectivity index (χ1v) is 14.0. The summed E-state index contributed by atoms with van der Waals surface area (Å²) in [6.07, 6.45) is 0. The molecule has 0 saturated heterocycles. The lowest BCUT2D eigenvalue weighted by atomic mass is 10.2. The number of aryl methyl sites for hydroxylation is 1. The predicted molar refractivity (Wildman–Crippen MR) is 155 cm³/mol. The molecule has 0 bridgehead atoms. The molecular weight excluding hydrogens is 544 g/mol. The molecule has 0 unspecified atom stereocenters. The summed E-state index contributed by atoms with van der Waals surface area (Å²) >= 11 is 8.65. The molecule has 11 heteroatoms. The van der Waals surface area contributed by atoms with Gasteiger partial charge in [0.1, 0.15) is 9.71 Å². The van der Waals surface area contributed by atoms with Gasteiger partial charge in [0.25, 0.3) is 5.56 Å². The van der Waals surface area contributed by atoms with Crippen molar-refractivity contribution in [3.63, 3.8) is 0 Å². The zero-order valence-corrected chi connectivity index (χ0v) is 23.8. The summed E-state index contributed by atoms with van der Waals surface area (Å²) in [7, 11) is 3.89. The minimum atomic E-state index is -0.487. The Balaban J connectivity index is 1.66. The third kappa shape index (κ3) is 6.03. The zero-order valence-electron chi connectivity index (χ0n) is 21.4. The Kier molecular flexibility index (Phi) is 8.76. The Morgan fingerprint density at radius 1 is 1.16 bits per heavy atom. The van der Waals surface area contributed by atoms with Crippen molar-refractivity contribution in [2.45, 2.75) is 25.5 Å². The van der Waals surface area contributed by atoms with Crippen molar-refractivity contribution < 1.29 is 14.3 Å². The lowest BCUT2D eigenvalue weighted by Crippen LogP contribution is -2.25. The topological polar surface area (TPSA) is 93.5 Å². The van der Waals surface area contributed by atoms with Crippen molar-refractivity contribution >= 4 is 68.2 Å². The minimum absolute atomic E-state index is 0.0327. The van der Waals surface area contributed by atoms with Crippen LogP contribution in [0.5, 0.6) is 0 Å². The second kappa shape index (κ2) is 12.0. The molecule has 0 aliphatic rings. The lowest BCUT2D eigenvalue weighted by molar-refractivity contribution is -0.113. The molecule has 0 fully saturated rings. The highest BCUT2D eigenvalue weighted by Gasteiger charge is 2.23. The number of esters is 1. The number of benzene rings is 2. The number of thioether (sulfide) groups is 1. The van der Waals surface area contributed by atoms with E-state index in [1.165, 1.54) is 4.57 Å². The van der Waals surface area contributed by atoms with E-state index >= 15 is 0 Å². The van der Waals surface area contributed by atoms with Crippen molar-refractivity contribution in [2.24, 2.45) is 0 Å². The van der Waals surface area contributed by atoms with Gasteiger partial charge in [-0.05, 0) is 55.3 Å². The van der Waals surface area contributed by atoms with Crippen LogP contribution in [-0.4, -0.2) is 47.9 Å². The minimum Gasteiger partial charge on any atom is -0.462 e. The van der Waals surface area contributed by atoms with Crippen molar-refractivity contribution in [3.05, 3.63) is 79.9 Å². The first-order valence-electron chi connectivity index (χ1n) is 11.8. The van der Waals surface area contributed by atoms with E-state index < -0.39 is 5.97 Å². The Morgan fingerprint density at radius 3 is 2.53 bits per heavy atom. The van der Waals surface area contributed by atoms with E-state index in [2.05, 4.69) is 5.32 Å². The lowest BCUT2D eigenvalue weighted by Gasteiger charge is -2.14. The van der Waals surface area contributed by atoms with Crippen LogP contribution in [0.1, 0.15) is 27.7 Å². The quantitative estimate of drug-likeness (QED) is 0.163. The molecule has 2 heterocycles. The highest BCUT2D eigenvalue weighted by atomic mass is 35.5. The van der Waals surface area contributed by atoms with Crippen molar-refractivity contribution in [1.82, 2.24) is 9.55 Å². The van der Waals surface area contributed by atoms with Crippen molar-refractivity contribution in [3.8, 4) is 0 Å². The molecule has 4 rings (SSSR count). The molecule has 4 aromatic rings. The second-order valence-corrected chi connectivity index (χ2v) is 11.0. The predicted octanol–water partition coefficient (Wildman–Crippen LogP) is 5.44. The fourth-order valence-corrected chi connectivity index (χ4v) is 5.92.